The summed E-state index contributed by atoms with van der Waals surface area (Å²) in [5, 5.41) is 12.1. The SMILES string of the molecule is C=C1CC(N(C)CCF)CC1Oc1cc(F)ccc1C(=O)N1CC(=N)/C(=C2/N=C(C)C(Cl)=C(C)N2)C1. The molecule has 7 nitrogen and oxygen atoms in total. The van der Waals surface area contributed by atoms with Crippen molar-refractivity contribution in [3.05, 3.63) is 63.9 Å². The lowest BCUT2D eigenvalue weighted by molar-refractivity contribution is 0.0797. The van der Waals surface area contributed by atoms with E-state index in [2.05, 4.69) is 16.9 Å². The maximum Gasteiger partial charge on any atom is 0.258 e. The number of rotatable bonds is 6. The molecule has 3 aliphatic rings. The maximum absolute atomic E-state index is 14.2. The van der Waals surface area contributed by atoms with Gasteiger partial charge in [-0.3, -0.25) is 4.79 Å². The number of alkyl halides is 1. The number of nitrogens with zero attached hydrogens (tertiary/aromatic N) is 3. The Balaban J connectivity index is 1.54. The molecular formula is C26H30ClF2N5O2. The van der Waals surface area contributed by atoms with Crippen LogP contribution in [0, 0.1) is 11.2 Å². The molecular weight excluding hydrogens is 488 g/mol. The van der Waals surface area contributed by atoms with Crippen LogP contribution in [0.4, 0.5) is 8.78 Å². The first-order valence-corrected chi connectivity index (χ1v) is 12.2. The van der Waals surface area contributed by atoms with Crippen LogP contribution in [0.1, 0.15) is 37.0 Å². The number of allylic oxidation sites excluding steroid dienone is 2. The van der Waals surface area contributed by atoms with Gasteiger partial charge in [-0.05, 0) is 45.0 Å². The topological polar surface area (TPSA) is 81.0 Å². The number of benzene rings is 1. The minimum atomic E-state index is -0.524. The van der Waals surface area contributed by atoms with Crippen LogP contribution in [0.15, 0.2) is 57.5 Å². The molecule has 2 heterocycles. The Morgan fingerprint density at radius 2 is 2.14 bits per heavy atom. The van der Waals surface area contributed by atoms with Gasteiger partial charge in [0.05, 0.1) is 35.1 Å². The normalized spacial score (nSPS) is 24.5. The summed E-state index contributed by atoms with van der Waals surface area (Å²) in [7, 11) is 1.85. The minimum absolute atomic E-state index is 0.0669. The van der Waals surface area contributed by atoms with Crippen molar-refractivity contribution in [3.8, 4) is 5.75 Å². The zero-order valence-electron chi connectivity index (χ0n) is 20.6. The average molecular weight is 518 g/mol. The summed E-state index contributed by atoms with van der Waals surface area (Å²) in [6.45, 7) is 7.82. The molecule has 1 saturated carbocycles. The molecule has 0 bridgehead atoms. The second-order valence-corrected chi connectivity index (χ2v) is 9.77. The molecule has 1 aromatic carbocycles. The molecule has 0 aromatic heterocycles. The summed E-state index contributed by atoms with van der Waals surface area (Å²) >= 11 is 6.21. The largest absolute Gasteiger partial charge is 0.485 e. The van der Waals surface area contributed by atoms with E-state index in [4.69, 9.17) is 21.7 Å². The minimum Gasteiger partial charge on any atom is -0.485 e. The van der Waals surface area contributed by atoms with Crippen molar-refractivity contribution in [2.75, 3.05) is 33.4 Å². The Bertz CT molecular complexity index is 1210. The highest BCUT2D eigenvalue weighted by Crippen LogP contribution is 2.34. The molecule has 2 N–H and O–H groups in total. The van der Waals surface area contributed by atoms with E-state index < -0.39 is 18.6 Å². The number of halogens is 3. The molecule has 2 fully saturated rings. The predicted molar refractivity (Wildman–Crippen MR) is 137 cm³/mol. The van der Waals surface area contributed by atoms with E-state index in [-0.39, 0.29) is 42.1 Å². The van der Waals surface area contributed by atoms with E-state index in [1.807, 2.05) is 18.9 Å². The number of ether oxygens (including phenoxy) is 1. The number of carbonyl (C=O) groups excluding carboxylic acids is 1. The van der Waals surface area contributed by atoms with E-state index in [0.717, 1.165) is 11.3 Å². The molecule has 192 valence electrons. The van der Waals surface area contributed by atoms with Gasteiger partial charge in [-0.2, -0.15) is 0 Å². The van der Waals surface area contributed by atoms with Crippen LogP contribution in [0.25, 0.3) is 0 Å². The molecule has 2 unspecified atom stereocenters. The van der Waals surface area contributed by atoms with Crippen LogP contribution in [0.2, 0.25) is 0 Å². The molecule has 2 aliphatic heterocycles. The van der Waals surface area contributed by atoms with E-state index in [1.54, 1.807) is 6.92 Å². The van der Waals surface area contributed by atoms with Gasteiger partial charge in [0.2, 0.25) is 0 Å². The summed E-state index contributed by atoms with van der Waals surface area (Å²) in [6, 6.07) is 3.89. The third kappa shape index (κ3) is 5.22. The molecule has 1 aliphatic carbocycles. The van der Waals surface area contributed by atoms with Crippen LogP contribution in [-0.2, 0) is 0 Å². The molecule has 36 heavy (non-hydrogen) atoms. The van der Waals surface area contributed by atoms with Gasteiger partial charge in [-0.15, -0.1) is 0 Å². The van der Waals surface area contributed by atoms with Gasteiger partial charge in [-0.1, -0.05) is 18.2 Å². The van der Waals surface area contributed by atoms with Gasteiger partial charge in [0.1, 0.15) is 30.2 Å². The Hall–Kier alpha value is -3.04. The smallest absolute Gasteiger partial charge is 0.258 e. The molecule has 4 rings (SSSR count). The lowest BCUT2D eigenvalue weighted by Gasteiger charge is -2.23. The summed E-state index contributed by atoms with van der Waals surface area (Å²) < 4.78 is 33.1. The molecule has 1 amide bonds. The van der Waals surface area contributed by atoms with E-state index in [0.29, 0.717) is 41.5 Å². The maximum atomic E-state index is 14.2. The number of hydrogen-bond acceptors (Lipinski definition) is 6. The number of likely N-dealkylation sites (tertiary alicyclic amines) is 1. The first kappa shape index (κ1) is 26.0. The summed E-state index contributed by atoms with van der Waals surface area (Å²) in [6.07, 6.45) is 0.802. The third-order valence-corrected chi connectivity index (χ3v) is 7.37. The van der Waals surface area contributed by atoms with Gasteiger partial charge in [-0.25, -0.2) is 13.8 Å². The number of amides is 1. The van der Waals surface area contributed by atoms with Crippen molar-refractivity contribution in [3.63, 3.8) is 0 Å². The highest BCUT2D eigenvalue weighted by Gasteiger charge is 2.35. The van der Waals surface area contributed by atoms with Crippen molar-refractivity contribution in [1.29, 1.82) is 5.41 Å². The van der Waals surface area contributed by atoms with E-state index in [1.165, 1.54) is 23.1 Å². The summed E-state index contributed by atoms with van der Waals surface area (Å²) in [5.41, 5.74) is 3.25. The fourth-order valence-electron chi connectivity index (χ4n) is 4.69. The van der Waals surface area contributed by atoms with Crippen molar-refractivity contribution in [2.24, 2.45) is 4.99 Å². The fourth-order valence-corrected chi connectivity index (χ4v) is 4.78. The first-order chi connectivity index (χ1) is 17.1. The number of nitrogens with one attached hydrogen (secondary N) is 2. The van der Waals surface area contributed by atoms with E-state index >= 15 is 0 Å². The quantitative estimate of drug-likeness (QED) is 0.548. The van der Waals surface area contributed by atoms with Gasteiger partial charge >= 0.3 is 0 Å². The molecule has 0 radical (unpaired) electrons. The Morgan fingerprint density at radius 3 is 2.83 bits per heavy atom. The van der Waals surface area contributed by atoms with Crippen molar-refractivity contribution < 1.29 is 18.3 Å². The monoisotopic (exact) mass is 517 g/mol. The summed E-state index contributed by atoms with van der Waals surface area (Å²) in [5.74, 6) is -0.274. The van der Waals surface area contributed by atoms with Gasteiger partial charge in [0, 0.05) is 36.3 Å². The highest BCUT2D eigenvalue weighted by atomic mass is 35.5. The second-order valence-electron chi connectivity index (χ2n) is 9.40. The van der Waals surface area contributed by atoms with Gasteiger partial charge in [0.25, 0.3) is 5.91 Å². The van der Waals surface area contributed by atoms with Crippen LogP contribution < -0.4 is 10.1 Å². The zero-order chi connectivity index (χ0) is 26.1. The van der Waals surface area contributed by atoms with Gasteiger partial charge in [0.15, 0.2) is 0 Å². The van der Waals surface area contributed by atoms with Crippen LogP contribution in [0.3, 0.4) is 0 Å². The first-order valence-electron chi connectivity index (χ1n) is 11.8. The number of aliphatic imine (C=N–C) groups is 1. The van der Waals surface area contributed by atoms with Gasteiger partial charge < -0.3 is 25.3 Å². The van der Waals surface area contributed by atoms with Crippen LogP contribution in [0.5, 0.6) is 5.75 Å². The molecule has 10 heteroatoms. The number of carbonyl (C=O) groups is 1. The zero-order valence-corrected chi connectivity index (χ0v) is 21.4. The lowest BCUT2D eigenvalue weighted by Crippen LogP contribution is -2.32. The fraction of sp³-hybridized carbons (Fsp3) is 0.423. The molecule has 1 saturated heterocycles. The van der Waals surface area contributed by atoms with Crippen LogP contribution >= 0.6 is 11.6 Å². The molecule has 2 atom stereocenters. The number of hydrogen-bond donors (Lipinski definition) is 2. The van der Waals surface area contributed by atoms with Crippen LogP contribution in [-0.4, -0.2) is 72.6 Å². The lowest BCUT2D eigenvalue weighted by atomic mass is 10.1. The summed E-state index contributed by atoms with van der Waals surface area (Å²) in [4.78, 5) is 21.4. The highest BCUT2D eigenvalue weighted by molar-refractivity contribution is 6.43. The Labute approximate surface area is 214 Å². The average Bonchev–Trinajstić information content (AvgIpc) is 3.39. The van der Waals surface area contributed by atoms with Crippen molar-refractivity contribution >= 4 is 28.9 Å². The third-order valence-electron chi connectivity index (χ3n) is 6.81. The predicted octanol–water partition coefficient (Wildman–Crippen LogP) is 4.41. The Kier molecular flexibility index (Phi) is 7.61. The Morgan fingerprint density at radius 1 is 1.39 bits per heavy atom. The molecule has 0 spiro atoms. The van der Waals surface area contributed by atoms with Crippen molar-refractivity contribution in [2.45, 2.75) is 38.8 Å². The van der Waals surface area contributed by atoms with Crippen molar-refractivity contribution in [1.82, 2.24) is 15.1 Å². The van der Waals surface area contributed by atoms with E-state index in [9.17, 15) is 13.6 Å². The standard InChI is InChI=1S/C26H30ClF2N5O2/c1-14-9-18(33(4)8-7-28)11-22(14)36-23-10-17(29)5-6-19(23)26(35)34-12-20(21(30)13-34)25-31-15(2)24(27)16(3)32-25/h5-6,10,18,22,30-31H,1,7-9,11-13H2,2-4H3/b25-20+,30-21?. The second kappa shape index (κ2) is 10.5. The molecule has 1 aromatic rings.